The van der Waals surface area contributed by atoms with Crippen LogP contribution in [0.1, 0.15) is 52.7 Å². The molecule has 0 aromatic heterocycles. The number of phosphoric acid groups is 1. The molecule has 164 valence electrons. The molecule has 1 atom stereocenters. The molecule has 0 aliphatic carbocycles. The summed E-state index contributed by atoms with van der Waals surface area (Å²) >= 11 is 0. The minimum atomic E-state index is -4.40. The second kappa shape index (κ2) is 8.53. The summed E-state index contributed by atoms with van der Waals surface area (Å²) in [5, 5.41) is 0. The SMILES string of the molecule is CC(C)(C)c1ccc(OP(=O)(O)Oc2ccc(C(C)(C)C)cc2-c2ccccc2)cc1. The average Bonchev–Trinajstić information content (AvgIpc) is 2.67. The summed E-state index contributed by atoms with van der Waals surface area (Å²) in [5.41, 5.74) is 3.77. The zero-order chi connectivity index (χ0) is 22.9. The molecule has 3 aromatic rings. The second-order valence-corrected chi connectivity index (χ2v) is 11.1. The van der Waals surface area contributed by atoms with Gasteiger partial charge in [-0.15, -0.1) is 0 Å². The first-order valence-electron chi connectivity index (χ1n) is 10.4. The Morgan fingerprint density at radius 2 is 1.26 bits per heavy atom. The third kappa shape index (κ3) is 6.00. The van der Waals surface area contributed by atoms with Crippen LogP contribution in [-0.2, 0) is 15.4 Å². The molecule has 5 heteroatoms. The number of benzene rings is 3. The quantitative estimate of drug-likeness (QED) is 0.419. The van der Waals surface area contributed by atoms with Gasteiger partial charge in [0.15, 0.2) is 0 Å². The standard InChI is InChI=1S/C26H31O4P/c1-25(2,3)20-12-15-22(16-13-20)29-31(27,28)30-24-17-14-21(26(4,5)6)18-23(24)19-10-8-7-9-11-19/h7-18H,1-6H3,(H,27,28). The Labute approximate surface area is 185 Å². The maximum Gasteiger partial charge on any atom is 0.584 e. The van der Waals surface area contributed by atoms with Gasteiger partial charge in [0, 0.05) is 5.56 Å². The predicted molar refractivity (Wildman–Crippen MR) is 127 cm³/mol. The summed E-state index contributed by atoms with van der Waals surface area (Å²) in [6.07, 6.45) is 0. The van der Waals surface area contributed by atoms with Crippen LogP contribution in [0.3, 0.4) is 0 Å². The zero-order valence-corrected chi connectivity index (χ0v) is 19.9. The fourth-order valence-electron chi connectivity index (χ4n) is 3.21. The van der Waals surface area contributed by atoms with Crippen LogP contribution >= 0.6 is 7.82 Å². The Bertz CT molecular complexity index is 1080. The summed E-state index contributed by atoms with van der Waals surface area (Å²) in [4.78, 5) is 10.5. The molecule has 31 heavy (non-hydrogen) atoms. The van der Waals surface area contributed by atoms with Crippen molar-refractivity contribution in [2.24, 2.45) is 0 Å². The topological polar surface area (TPSA) is 55.8 Å². The summed E-state index contributed by atoms with van der Waals surface area (Å²) in [5.74, 6) is 0.586. The summed E-state index contributed by atoms with van der Waals surface area (Å²) in [6.45, 7) is 12.7. The van der Waals surface area contributed by atoms with E-state index in [1.807, 2.05) is 54.6 Å². The molecule has 4 nitrogen and oxygen atoms in total. The lowest BCUT2D eigenvalue weighted by Gasteiger charge is -2.22. The van der Waals surface area contributed by atoms with Crippen LogP contribution in [0.15, 0.2) is 72.8 Å². The monoisotopic (exact) mass is 438 g/mol. The van der Waals surface area contributed by atoms with Gasteiger partial charge in [0.2, 0.25) is 0 Å². The molecule has 1 unspecified atom stereocenters. The summed E-state index contributed by atoms with van der Waals surface area (Å²) in [7, 11) is -4.40. The van der Waals surface area contributed by atoms with Crippen molar-refractivity contribution in [2.75, 3.05) is 0 Å². The lowest BCUT2D eigenvalue weighted by atomic mass is 9.85. The van der Waals surface area contributed by atoms with Gasteiger partial charge in [-0.1, -0.05) is 90.1 Å². The van der Waals surface area contributed by atoms with Gasteiger partial charge in [0.05, 0.1) is 0 Å². The van der Waals surface area contributed by atoms with Crippen LogP contribution in [0, 0.1) is 0 Å². The van der Waals surface area contributed by atoms with E-state index in [2.05, 4.69) is 41.5 Å². The Hall–Kier alpha value is -2.55. The van der Waals surface area contributed by atoms with Crippen molar-refractivity contribution in [1.82, 2.24) is 0 Å². The van der Waals surface area contributed by atoms with E-state index in [4.69, 9.17) is 9.05 Å². The molecule has 0 amide bonds. The van der Waals surface area contributed by atoms with E-state index in [1.165, 1.54) is 0 Å². The normalized spacial score (nSPS) is 14.0. The lowest BCUT2D eigenvalue weighted by Crippen LogP contribution is -2.11. The van der Waals surface area contributed by atoms with E-state index in [1.54, 1.807) is 18.2 Å². The molecule has 0 radical (unpaired) electrons. The fraction of sp³-hybridized carbons (Fsp3) is 0.308. The molecule has 0 bridgehead atoms. The van der Waals surface area contributed by atoms with E-state index >= 15 is 0 Å². The Morgan fingerprint density at radius 1 is 0.710 bits per heavy atom. The van der Waals surface area contributed by atoms with E-state index in [0.717, 1.165) is 22.3 Å². The van der Waals surface area contributed by atoms with Crippen molar-refractivity contribution >= 4 is 7.82 Å². The summed E-state index contributed by atoms with van der Waals surface area (Å²) < 4.78 is 23.7. The molecular weight excluding hydrogens is 407 g/mol. The Morgan fingerprint density at radius 3 is 1.81 bits per heavy atom. The molecule has 0 spiro atoms. The van der Waals surface area contributed by atoms with Gasteiger partial charge in [0.25, 0.3) is 0 Å². The van der Waals surface area contributed by atoms with Crippen molar-refractivity contribution in [1.29, 1.82) is 0 Å². The molecule has 0 saturated heterocycles. The Kier molecular flexibility index (Phi) is 6.36. The van der Waals surface area contributed by atoms with Crippen LogP contribution < -0.4 is 9.05 Å². The van der Waals surface area contributed by atoms with E-state index in [-0.39, 0.29) is 16.6 Å². The largest absolute Gasteiger partial charge is 0.584 e. The van der Waals surface area contributed by atoms with Crippen molar-refractivity contribution < 1.29 is 18.5 Å². The van der Waals surface area contributed by atoms with E-state index in [9.17, 15) is 9.46 Å². The van der Waals surface area contributed by atoms with Crippen LogP contribution in [-0.4, -0.2) is 4.89 Å². The third-order valence-corrected chi connectivity index (χ3v) is 5.95. The molecular formula is C26H31O4P. The van der Waals surface area contributed by atoms with Gasteiger partial charge in [-0.05, 0) is 51.8 Å². The van der Waals surface area contributed by atoms with Gasteiger partial charge in [-0.3, -0.25) is 4.89 Å². The maximum absolute atomic E-state index is 12.8. The number of phosphoric ester groups is 1. The number of hydrogen-bond acceptors (Lipinski definition) is 3. The first-order chi connectivity index (χ1) is 14.4. The van der Waals surface area contributed by atoms with Gasteiger partial charge in [0.1, 0.15) is 11.5 Å². The minimum absolute atomic E-state index is 0.0165. The predicted octanol–water partition coefficient (Wildman–Crippen LogP) is 7.51. The van der Waals surface area contributed by atoms with E-state index in [0.29, 0.717) is 5.75 Å². The van der Waals surface area contributed by atoms with Gasteiger partial charge in [-0.25, -0.2) is 4.57 Å². The molecule has 0 saturated carbocycles. The smallest absolute Gasteiger partial charge is 0.395 e. The van der Waals surface area contributed by atoms with Crippen molar-refractivity contribution in [3.8, 4) is 22.6 Å². The highest BCUT2D eigenvalue weighted by Gasteiger charge is 2.28. The first kappa shape index (κ1) is 23.1. The molecule has 0 fully saturated rings. The van der Waals surface area contributed by atoms with Crippen molar-refractivity contribution in [2.45, 2.75) is 52.4 Å². The average molecular weight is 439 g/mol. The molecule has 3 aromatic carbocycles. The number of rotatable bonds is 5. The number of hydrogen-bond donors (Lipinski definition) is 1. The second-order valence-electron chi connectivity index (χ2n) is 9.75. The van der Waals surface area contributed by atoms with Crippen LogP contribution in [0.5, 0.6) is 11.5 Å². The molecule has 0 aliphatic rings. The lowest BCUT2D eigenvalue weighted by molar-refractivity contribution is 0.291. The highest BCUT2D eigenvalue weighted by Crippen LogP contribution is 2.48. The van der Waals surface area contributed by atoms with Gasteiger partial charge in [-0.2, -0.15) is 0 Å². The van der Waals surface area contributed by atoms with Gasteiger partial charge >= 0.3 is 7.82 Å². The minimum Gasteiger partial charge on any atom is -0.395 e. The summed E-state index contributed by atoms with van der Waals surface area (Å²) in [6, 6.07) is 22.5. The highest BCUT2D eigenvalue weighted by atomic mass is 31.2. The fourth-order valence-corrected chi connectivity index (χ4v) is 4.04. The van der Waals surface area contributed by atoms with Crippen LogP contribution in [0.25, 0.3) is 11.1 Å². The first-order valence-corrected chi connectivity index (χ1v) is 11.9. The zero-order valence-electron chi connectivity index (χ0n) is 19.0. The highest BCUT2D eigenvalue weighted by molar-refractivity contribution is 7.48. The maximum atomic E-state index is 12.8. The molecule has 0 aliphatic heterocycles. The third-order valence-electron chi connectivity index (χ3n) is 5.09. The molecule has 3 rings (SSSR count). The molecule has 0 heterocycles. The van der Waals surface area contributed by atoms with Crippen molar-refractivity contribution in [3.05, 3.63) is 83.9 Å². The van der Waals surface area contributed by atoms with Crippen LogP contribution in [0.4, 0.5) is 0 Å². The molecule has 1 N–H and O–H groups in total. The van der Waals surface area contributed by atoms with Crippen LogP contribution in [0.2, 0.25) is 0 Å². The Balaban J connectivity index is 1.91. The van der Waals surface area contributed by atoms with E-state index < -0.39 is 7.82 Å². The van der Waals surface area contributed by atoms with Gasteiger partial charge < -0.3 is 9.05 Å². The van der Waals surface area contributed by atoms with Crippen molar-refractivity contribution in [3.63, 3.8) is 0 Å².